The predicted octanol–water partition coefficient (Wildman–Crippen LogP) is 2.43. The summed E-state index contributed by atoms with van der Waals surface area (Å²) in [7, 11) is -3.70. The molecule has 0 aliphatic heterocycles. The van der Waals surface area contributed by atoms with Gasteiger partial charge in [0.15, 0.2) is 9.84 Å². The van der Waals surface area contributed by atoms with Crippen molar-refractivity contribution < 1.29 is 12.8 Å². The highest BCUT2D eigenvalue weighted by molar-refractivity contribution is 7.90. The highest BCUT2D eigenvalue weighted by atomic mass is 35.5. The Morgan fingerprint density at radius 1 is 1.26 bits per heavy atom. The van der Waals surface area contributed by atoms with E-state index in [0.29, 0.717) is 0 Å². The molecule has 0 bridgehead atoms. The summed E-state index contributed by atoms with van der Waals surface area (Å²) in [6.45, 7) is 0. The van der Waals surface area contributed by atoms with Crippen LogP contribution in [-0.2, 0) is 15.6 Å². The predicted molar refractivity (Wildman–Crippen MR) is 70.9 cm³/mol. The smallest absolute Gasteiger partial charge is 0.184 e. The van der Waals surface area contributed by atoms with Crippen molar-refractivity contribution in [1.82, 2.24) is 4.98 Å². The van der Waals surface area contributed by atoms with Crippen molar-refractivity contribution in [2.75, 3.05) is 5.73 Å². The van der Waals surface area contributed by atoms with Crippen molar-refractivity contribution in [3.63, 3.8) is 0 Å². The molecule has 7 heteroatoms. The monoisotopic (exact) mass is 300 g/mol. The number of sulfone groups is 1. The molecule has 19 heavy (non-hydrogen) atoms. The summed E-state index contributed by atoms with van der Waals surface area (Å²) >= 11 is 5.76. The van der Waals surface area contributed by atoms with Gasteiger partial charge in [0.1, 0.15) is 5.82 Å². The highest BCUT2D eigenvalue weighted by Gasteiger charge is 2.19. The van der Waals surface area contributed by atoms with Crippen molar-refractivity contribution in [2.45, 2.75) is 10.6 Å². The maximum atomic E-state index is 13.0. The van der Waals surface area contributed by atoms with Crippen LogP contribution < -0.4 is 5.73 Å². The van der Waals surface area contributed by atoms with E-state index in [4.69, 9.17) is 17.3 Å². The Balaban J connectivity index is 2.40. The minimum absolute atomic E-state index is 0.0655. The van der Waals surface area contributed by atoms with E-state index in [1.165, 1.54) is 24.4 Å². The van der Waals surface area contributed by atoms with Gasteiger partial charge < -0.3 is 5.73 Å². The number of hydrogen-bond donors (Lipinski definition) is 1. The molecule has 0 saturated carbocycles. The SMILES string of the molecule is Nc1ccc(Cl)cc1S(=O)(=O)Cc1cncc(F)c1. The molecule has 0 unspecified atom stereocenters. The summed E-state index contributed by atoms with van der Waals surface area (Å²) in [4.78, 5) is 3.54. The zero-order valence-corrected chi connectivity index (χ0v) is 11.2. The third-order valence-electron chi connectivity index (χ3n) is 2.43. The quantitative estimate of drug-likeness (QED) is 0.884. The fourth-order valence-electron chi connectivity index (χ4n) is 1.61. The van der Waals surface area contributed by atoms with E-state index in [2.05, 4.69) is 4.98 Å². The lowest BCUT2D eigenvalue weighted by molar-refractivity contribution is 0.594. The topological polar surface area (TPSA) is 73.1 Å². The van der Waals surface area contributed by atoms with Crippen LogP contribution in [0.5, 0.6) is 0 Å². The first-order valence-corrected chi connectivity index (χ1v) is 7.29. The molecule has 2 aromatic rings. The highest BCUT2D eigenvalue weighted by Crippen LogP contribution is 2.25. The summed E-state index contributed by atoms with van der Waals surface area (Å²) in [6, 6.07) is 5.31. The first kappa shape index (κ1) is 13.8. The second-order valence-corrected chi connectivity index (χ2v) is 6.35. The molecule has 0 amide bonds. The zero-order chi connectivity index (χ0) is 14.0. The Hall–Kier alpha value is -1.66. The van der Waals surface area contributed by atoms with Crippen molar-refractivity contribution >= 4 is 27.1 Å². The van der Waals surface area contributed by atoms with Crippen LogP contribution in [-0.4, -0.2) is 13.4 Å². The summed E-state index contributed by atoms with van der Waals surface area (Å²) < 4.78 is 37.4. The molecular weight excluding hydrogens is 291 g/mol. The summed E-state index contributed by atoms with van der Waals surface area (Å²) in [5, 5.41) is 0.269. The molecule has 2 N–H and O–H groups in total. The van der Waals surface area contributed by atoms with Gasteiger partial charge in [-0.05, 0) is 29.8 Å². The van der Waals surface area contributed by atoms with Crippen LogP contribution in [0, 0.1) is 5.82 Å². The van der Waals surface area contributed by atoms with Gasteiger partial charge in [0.25, 0.3) is 0 Å². The number of nitrogens with zero attached hydrogens (tertiary/aromatic N) is 1. The second-order valence-electron chi connectivity index (χ2n) is 3.95. The maximum Gasteiger partial charge on any atom is 0.184 e. The maximum absolute atomic E-state index is 13.0. The lowest BCUT2D eigenvalue weighted by Crippen LogP contribution is -2.08. The first-order chi connectivity index (χ1) is 8.88. The van der Waals surface area contributed by atoms with Crippen LogP contribution in [0.25, 0.3) is 0 Å². The number of rotatable bonds is 3. The summed E-state index contributed by atoms with van der Waals surface area (Å²) in [5.41, 5.74) is 5.99. The Labute approximate surface area is 115 Å². The van der Waals surface area contributed by atoms with E-state index in [9.17, 15) is 12.8 Å². The number of benzene rings is 1. The molecule has 4 nitrogen and oxygen atoms in total. The van der Waals surface area contributed by atoms with Gasteiger partial charge in [0, 0.05) is 11.2 Å². The number of nitrogen functional groups attached to an aromatic ring is 1. The third kappa shape index (κ3) is 3.21. The molecule has 1 aromatic heterocycles. The molecule has 0 spiro atoms. The number of anilines is 1. The normalized spacial score (nSPS) is 11.5. The summed E-state index contributed by atoms with van der Waals surface area (Å²) in [6.07, 6.45) is 2.30. The van der Waals surface area contributed by atoms with E-state index in [1.807, 2.05) is 0 Å². The minimum Gasteiger partial charge on any atom is -0.398 e. The Morgan fingerprint density at radius 2 is 2.00 bits per heavy atom. The average Bonchev–Trinajstić information content (AvgIpc) is 2.31. The fourth-order valence-corrected chi connectivity index (χ4v) is 3.33. The second kappa shape index (κ2) is 5.14. The van der Waals surface area contributed by atoms with E-state index in [-0.39, 0.29) is 26.9 Å². The molecule has 1 heterocycles. The van der Waals surface area contributed by atoms with Crippen LogP contribution in [0.2, 0.25) is 5.02 Å². The van der Waals surface area contributed by atoms with Gasteiger partial charge in [0.2, 0.25) is 0 Å². The number of nitrogens with two attached hydrogens (primary N) is 1. The first-order valence-electron chi connectivity index (χ1n) is 5.26. The lowest BCUT2D eigenvalue weighted by atomic mass is 10.3. The number of pyridine rings is 1. The number of hydrogen-bond acceptors (Lipinski definition) is 4. The molecule has 0 fully saturated rings. The fraction of sp³-hybridized carbons (Fsp3) is 0.0833. The van der Waals surface area contributed by atoms with E-state index in [1.54, 1.807) is 0 Å². The van der Waals surface area contributed by atoms with Crippen LogP contribution in [0.4, 0.5) is 10.1 Å². The molecule has 2 rings (SSSR count). The van der Waals surface area contributed by atoms with E-state index in [0.717, 1.165) is 12.3 Å². The molecule has 0 atom stereocenters. The minimum atomic E-state index is -3.70. The Morgan fingerprint density at radius 3 is 2.68 bits per heavy atom. The van der Waals surface area contributed by atoms with E-state index >= 15 is 0 Å². The van der Waals surface area contributed by atoms with Crippen molar-refractivity contribution in [1.29, 1.82) is 0 Å². The molecule has 100 valence electrons. The van der Waals surface area contributed by atoms with Gasteiger partial charge in [-0.2, -0.15) is 0 Å². The van der Waals surface area contributed by atoms with Crippen molar-refractivity contribution in [3.8, 4) is 0 Å². The van der Waals surface area contributed by atoms with Crippen molar-refractivity contribution in [3.05, 3.63) is 53.1 Å². The molecule has 0 aliphatic carbocycles. The standard InChI is InChI=1S/C12H10ClFN2O2S/c13-9-1-2-11(15)12(4-9)19(17,18)7-8-3-10(14)6-16-5-8/h1-6H,7,15H2. The molecule has 0 aliphatic rings. The van der Waals surface area contributed by atoms with Gasteiger partial charge in [0.05, 0.1) is 22.5 Å². The zero-order valence-electron chi connectivity index (χ0n) is 9.68. The molecule has 1 aromatic carbocycles. The summed E-state index contributed by atoms with van der Waals surface area (Å²) in [5.74, 6) is -0.978. The number of aromatic nitrogens is 1. The third-order valence-corrected chi connectivity index (χ3v) is 4.40. The van der Waals surface area contributed by atoms with Gasteiger partial charge in [-0.3, -0.25) is 4.98 Å². The van der Waals surface area contributed by atoms with Gasteiger partial charge in [-0.15, -0.1) is 0 Å². The van der Waals surface area contributed by atoms with Crippen molar-refractivity contribution in [2.24, 2.45) is 0 Å². The van der Waals surface area contributed by atoms with Gasteiger partial charge in [-0.25, -0.2) is 12.8 Å². The lowest BCUT2D eigenvalue weighted by Gasteiger charge is -2.08. The van der Waals surface area contributed by atoms with Crippen LogP contribution in [0.1, 0.15) is 5.56 Å². The van der Waals surface area contributed by atoms with Crippen LogP contribution in [0.3, 0.4) is 0 Å². The van der Waals surface area contributed by atoms with Crippen LogP contribution in [0.15, 0.2) is 41.6 Å². The molecular formula is C12H10ClFN2O2S. The largest absolute Gasteiger partial charge is 0.398 e. The number of halogens is 2. The van der Waals surface area contributed by atoms with Gasteiger partial charge >= 0.3 is 0 Å². The average molecular weight is 301 g/mol. The van der Waals surface area contributed by atoms with Crippen LogP contribution >= 0.6 is 11.6 Å². The van der Waals surface area contributed by atoms with E-state index < -0.39 is 15.7 Å². The Bertz CT molecular complexity index is 719. The molecule has 0 radical (unpaired) electrons. The Kier molecular flexibility index (Phi) is 3.73. The molecule has 0 saturated heterocycles. The van der Waals surface area contributed by atoms with Gasteiger partial charge in [-0.1, -0.05) is 11.6 Å².